The molecule has 0 unspecified atom stereocenters. The first-order chi connectivity index (χ1) is 24.8. The SMILES string of the molecule is c1ccc(-c2ccc3sc4c(ccc5c6cc(-c7ccccc7)ccc6n(-c6cc(-c7ccccc7)nc(-c7ccccc7)n6)c54)c3c2)cc1. The van der Waals surface area contributed by atoms with E-state index in [1.165, 1.54) is 58.7 Å². The molecule has 3 aromatic heterocycles. The Bertz CT molecular complexity index is 2780. The molecular weight excluding hydrogens is 627 g/mol. The highest BCUT2D eigenvalue weighted by Crippen LogP contribution is 2.44. The first-order valence-electron chi connectivity index (χ1n) is 16.8. The van der Waals surface area contributed by atoms with Crippen LogP contribution in [0.25, 0.3) is 92.7 Å². The quantitative estimate of drug-likeness (QED) is 0.185. The van der Waals surface area contributed by atoms with Crippen LogP contribution < -0.4 is 0 Å². The number of nitrogens with zero attached hydrogens (tertiary/aromatic N) is 3. The molecule has 10 rings (SSSR count). The molecule has 0 aliphatic heterocycles. The summed E-state index contributed by atoms with van der Waals surface area (Å²) in [4.78, 5) is 10.4. The Morgan fingerprint density at radius 2 is 0.960 bits per heavy atom. The van der Waals surface area contributed by atoms with E-state index in [0.29, 0.717) is 5.82 Å². The number of aromatic nitrogens is 3. The van der Waals surface area contributed by atoms with Gasteiger partial charge in [0.25, 0.3) is 0 Å². The van der Waals surface area contributed by atoms with Crippen LogP contribution >= 0.6 is 11.3 Å². The molecule has 50 heavy (non-hydrogen) atoms. The highest BCUT2D eigenvalue weighted by atomic mass is 32.1. The number of thiophene rings is 1. The minimum absolute atomic E-state index is 0.703. The molecule has 4 heteroatoms. The third-order valence-electron chi connectivity index (χ3n) is 9.62. The molecule has 234 valence electrons. The molecule has 0 saturated carbocycles. The molecule has 0 aliphatic carbocycles. The van der Waals surface area contributed by atoms with Gasteiger partial charge in [-0.05, 0) is 46.5 Å². The lowest BCUT2D eigenvalue weighted by Crippen LogP contribution is -2.02. The molecule has 3 nitrogen and oxygen atoms in total. The van der Waals surface area contributed by atoms with Gasteiger partial charge in [0.15, 0.2) is 5.82 Å². The van der Waals surface area contributed by atoms with Crippen LogP contribution in [-0.2, 0) is 0 Å². The molecule has 0 spiro atoms. The van der Waals surface area contributed by atoms with Gasteiger partial charge in [0.05, 0.1) is 21.4 Å². The zero-order valence-electron chi connectivity index (χ0n) is 27.0. The fourth-order valence-electron chi connectivity index (χ4n) is 7.21. The third-order valence-corrected chi connectivity index (χ3v) is 10.8. The second-order valence-electron chi connectivity index (χ2n) is 12.6. The largest absolute Gasteiger partial charge is 0.292 e. The lowest BCUT2D eigenvalue weighted by molar-refractivity contribution is 1.05. The smallest absolute Gasteiger partial charge is 0.162 e. The fraction of sp³-hybridized carbons (Fsp3) is 0. The highest BCUT2D eigenvalue weighted by molar-refractivity contribution is 7.26. The zero-order valence-corrected chi connectivity index (χ0v) is 27.8. The zero-order chi connectivity index (χ0) is 33.0. The van der Waals surface area contributed by atoms with E-state index in [0.717, 1.165) is 28.2 Å². The molecule has 3 heterocycles. The average molecular weight is 656 g/mol. The van der Waals surface area contributed by atoms with Gasteiger partial charge in [-0.1, -0.05) is 146 Å². The number of hydrogen-bond acceptors (Lipinski definition) is 3. The first-order valence-corrected chi connectivity index (χ1v) is 17.6. The van der Waals surface area contributed by atoms with Gasteiger partial charge in [-0.15, -0.1) is 11.3 Å². The maximum Gasteiger partial charge on any atom is 0.162 e. The van der Waals surface area contributed by atoms with Crippen LogP contribution in [0.15, 0.2) is 176 Å². The van der Waals surface area contributed by atoms with Gasteiger partial charge in [0.2, 0.25) is 0 Å². The standard InChI is InChI=1S/C46H29N3S/c1-5-13-30(14-6-1)34-21-25-41-38(27-34)36-23-24-37-39-28-35(31-15-7-2-8-16-31)22-26-42(39)50-45(37)44(36)49(41)43-29-40(32-17-9-3-10-18-32)47-46(48-43)33-19-11-4-12-20-33/h1-29H. The van der Waals surface area contributed by atoms with Crippen molar-refractivity contribution in [1.29, 1.82) is 0 Å². The summed E-state index contributed by atoms with van der Waals surface area (Å²) in [6.45, 7) is 0. The Morgan fingerprint density at radius 1 is 0.400 bits per heavy atom. The van der Waals surface area contributed by atoms with Crippen molar-refractivity contribution in [3.63, 3.8) is 0 Å². The third kappa shape index (κ3) is 4.73. The van der Waals surface area contributed by atoms with E-state index >= 15 is 0 Å². The van der Waals surface area contributed by atoms with Gasteiger partial charge < -0.3 is 0 Å². The van der Waals surface area contributed by atoms with E-state index in [9.17, 15) is 0 Å². The molecule has 10 aromatic rings. The molecule has 0 aliphatic rings. The van der Waals surface area contributed by atoms with Gasteiger partial charge in [0.1, 0.15) is 5.82 Å². The van der Waals surface area contributed by atoms with Gasteiger partial charge in [-0.3, -0.25) is 4.57 Å². The van der Waals surface area contributed by atoms with Crippen molar-refractivity contribution in [2.45, 2.75) is 0 Å². The summed E-state index contributed by atoms with van der Waals surface area (Å²) in [7, 11) is 0. The molecule has 0 N–H and O–H groups in total. The van der Waals surface area contributed by atoms with Gasteiger partial charge >= 0.3 is 0 Å². The molecule has 0 fully saturated rings. The predicted molar refractivity (Wildman–Crippen MR) is 211 cm³/mol. The number of hydrogen-bond donors (Lipinski definition) is 0. The van der Waals surface area contributed by atoms with Crippen LogP contribution in [0.1, 0.15) is 0 Å². The second-order valence-corrected chi connectivity index (χ2v) is 13.7. The van der Waals surface area contributed by atoms with Crippen LogP contribution in [0.2, 0.25) is 0 Å². The van der Waals surface area contributed by atoms with E-state index in [4.69, 9.17) is 9.97 Å². The van der Waals surface area contributed by atoms with Crippen LogP contribution in [0, 0.1) is 0 Å². The normalized spacial score (nSPS) is 11.6. The second kappa shape index (κ2) is 11.7. The van der Waals surface area contributed by atoms with Crippen molar-refractivity contribution in [3.05, 3.63) is 176 Å². The van der Waals surface area contributed by atoms with E-state index in [2.05, 4.69) is 156 Å². The van der Waals surface area contributed by atoms with Crippen molar-refractivity contribution < 1.29 is 0 Å². The first kappa shape index (κ1) is 28.6. The average Bonchev–Trinajstić information content (AvgIpc) is 3.74. The summed E-state index contributed by atoms with van der Waals surface area (Å²) in [6, 6.07) is 62.4. The lowest BCUT2D eigenvalue weighted by atomic mass is 10.0. The van der Waals surface area contributed by atoms with Crippen molar-refractivity contribution in [3.8, 4) is 50.7 Å². The highest BCUT2D eigenvalue weighted by Gasteiger charge is 2.21. The Hall–Kier alpha value is -6.36. The lowest BCUT2D eigenvalue weighted by Gasteiger charge is -2.12. The van der Waals surface area contributed by atoms with Crippen molar-refractivity contribution in [1.82, 2.24) is 14.5 Å². The summed E-state index contributed by atoms with van der Waals surface area (Å²) in [6.07, 6.45) is 0. The minimum atomic E-state index is 0.703. The van der Waals surface area contributed by atoms with Crippen LogP contribution in [0.4, 0.5) is 0 Å². The van der Waals surface area contributed by atoms with Crippen LogP contribution in [0.3, 0.4) is 0 Å². The van der Waals surface area contributed by atoms with E-state index in [-0.39, 0.29) is 0 Å². The number of fused-ring (bicyclic) bond motifs is 7. The van der Waals surface area contributed by atoms with Crippen molar-refractivity contribution in [2.24, 2.45) is 0 Å². The predicted octanol–water partition coefficient (Wildman–Crippen LogP) is 12.6. The van der Waals surface area contributed by atoms with Crippen molar-refractivity contribution in [2.75, 3.05) is 0 Å². The summed E-state index contributed by atoms with van der Waals surface area (Å²) >= 11 is 1.86. The fourth-order valence-corrected chi connectivity index (χ4v) is 8.43. The van der Waals surface area contributed by atoms with Crippen LogP contribution in [-0.4, -0.2) is 14.5 Å². The summed E-state index contributed by atoms with van der Waals surface area (Å²) < 4.78 is 4.89. The van der Waals surface area contributed by atoms with E-state index in [1.807, 2.05) is 35.6 Å². The molecular formula is C46H29N3S. The van der Waals surface area contributed by atoms with Crippen molar-refractivity contribution >= 4 is 53.3 Å². The Balaban J connectivity index is 1.31. The van der Waals surface area contributed by atoms with Gasteiger partial charge in [-0.2, -0.15) is 0 Å². The van der Waals surface area contributed by atoms with Gasteiger partial charge in [-0.25, -0.2) is 9.97 Å². The summed E-state index contributed by atoms with van der Waals surface area (Å²) in [5, 5.41) is 4.93. The Labute approximate surface area is 293 Å². The van der Waals surface area contributed by atoms with Gasteiger partial charge in [0, 0.05) is 43.4 Å². The summed E-state index contributed by atoms with van der Waals surface area (Å²) in [5.41, 5.74) is 10.1. The molecule has 7 aromatic carbocycles. The maximum absolute atomic E-state index is 5.32. The summed E-state index contributed by atoms with van der Waals surface area (Å²) in [5.74, 6) is 1.55. The number of rotatable bonds is 5. The van der Waals surface area contributed by atoms with E-state index in [1.54, 1.807) is 0 Å². The maximum atomic E-state index is 5.32. The molecule has 0 saturated heterocycles. The minimum Gasteiger partial charge on any atom is -0.292 e. The Morgan fingerprint density at radius 3 is 1.62 bits per heavy atom. The monoisotopic (exact) mass is 655 g/mol. The number of benzene rings is 7. The molecule has 0 bridgehead atoms. The molecule has 0 amide bonds. The van der Waals surface area contributed by atoms with E-state index < -0.39 is 0 Å². The molecule has 0 atom stereocenters. The Kier molecular flexibility index (Phi) is 6.68. The molecule has 0 radical (unpaired) electrons. The van der Waals surface area contributed by atoms with Crippen LogP contribution in [0.5, 0.6) is 0 Å². The topological polar surface area (TPSA) is 30.7 Å².